The molecule has 1 amide bonds. The van der Waals surface area contributed by atoms with Gasteiger partial charge < -0.3 is 0 Å². The van der Waals surface area contributed by atoms with E-state index in [1.54, 1.807) is 23.1 Å². The molecule has 0 unspecified atom stereocenters. The highest BCUT2D eigenvalue weighted by atomic mass is 16.2. The van der Waals surface area contributed by atoms with E-state index in [2.05, 4.69) is 25.6 Å². The van der Waals surface area contributed by atoms with Crippen molar-refractivity contribution >= 4 is 17.5 Å². The zero-order valence-electron chi connectivity index (χ0n) is 10.6. The third-order valence-electron chi connectivity index (χ3n) is 3.35. The molecule has 3 aromatic rings. The van der Waals surface area contributed by atoms with Gasteiger partial charge in [0, 0.05) is 29.4 Å². The van der Waals surface area contributed by atoms with Crippen LogP contribution < -0.4 is 5.32 Å². The van der Waals surface area contributed by atoms with Gasteiger partial charge in [0.25, 0.3) is 0 Å². The number of anilines is 1. The van der Waals surface area contributed by atoms with Crippen LogP contribution >= 0.6 is 0 Å². The fourth-order valence-corrected chi connectivity index (χ4v) is 2.14. The van der Waals surface area contributed by atoms with Crippen LogP contribution in [0.2, 0.25) is 0 Å². The van der Waals surface area contributed by atoms with E-state index < -0.39 is 0 Å². The predicted octanol–water partition coefficient (Wildman–Crippen LogP) is 1.47. The highest BCUT2D eigenvalue weighted by Crippen LogP contribution is 2.30. The van der Waals surface area contributed by atoms with Gasteiger partial charge >= 0.3 is 0 Å². The van der Waals surface area contributed by atoms with E-state index in [1.807, 2.05) is 12.1 Å². The molecule has 100 valence electrons. The van der Waals surface area contributed by atoms with Crippen LogP contribution in [0.1, 0.15) is 12.8 Å². The first-order chi connectivity index (χ1) is 9.81. The number of carbonyl (C=O) groups is 1. The summed E-state index contributed by atoms with van der Waals surface area (Å²) in [5.74, 6) is 0.485. The van der Waals surface area contributed by atoms with E-state index in [0.29, 0.717) is 11.6 Å². The molecular formula is C13H12N6O. The number of fused-ring (bicyclic) bond motifs is 1. The highest BCUT2D eigenvalue weighted by molar-refractivity contribution is 5.93. The van der Waals surface area contributed by atoms with Crippen LogP contribution in [0.3, 0.4) is 0 Å². The number of rotatable bonds is 3. The minimum atomic E-state index is 0.00534. The topological polar surface area (TPSA) is 88.0 Å². The van der Waals surface area contributed by atoms with Crippen molar-refractivity contribution in [2.45, 2.75) is 12.8 Å². The number of amides is 1. The van der Waals surface area contributed by atoms with Gasteiger partial charge in [-0.2, -0.15) is 10.1 Å². The standard InChI is InChI=1S/C13H12N6O/c20-12(8-3-4-8)17-13-16-11-10(9-6-14-15-7-9)2-1-5-19(11)18-13/h1-2,5-8H,3-4H2,(H,14,15)(H,17,18,20). The minimum absolute atomic E-state index is 0.00534. The number of hydrogen-bond donors (Lipinski definition) is 2. The SMILES string of the molecule is O=C(Nc1nc2c(-c3cn[nH]c3)cccn2n1)C1CC1. The van der Waals surface area contributed by atoms with Crippen molar-refractivity contribution in [1.82, 2.24) is 24.8 Å². The van der Waals surface area contributed by atoms with Crippen molar-refractivity contribution in [1.29, 1.82) is 0 Å². The second-order valence-electron chi connectivity index (χ2n) is 4.88. The number of aromatic nitrogens is 5. The van der Waals surface area contributed by atoms with Crippen LogP contribution in [0, 0.1) is 5.92 Å². The zero-order valence-corrected chi connectivity index (χ0v) is 10.6. The molecule has 0 atom stereocenters. The summed E-state index contributed by atoms with van der Waals surface area (Å²) >= 11 is 0. The summed E-state index contributed by atoms with van der Waals surface area (Å²) in [7, 11) is 0. The number of nitrogens with zero attached hydrogens (tertiary/aromatic N) is 4. The lowest BCUT2D eigenvalue weighted by Gasteiger charge is -1.97. The highest BCUT2D eigenvalue weighted by Gasteiger charge is 2.30. The number of aromatic amines is 1. The second-order valence-corrected chi connectivity index (χ2v) is 4.88. The second kappa shape index (κ2) is 4.16. The lowest BCUT2D eigenvalue weighted by atomic mass is 10.1. The summed E-state index contributed by atoms with van der Waals surface area (Å²) in [6.07, 6.45) is 7.25. The third-order valence-corrected chi connectivity index (χ3v) is 3.35. The molecule has 1 aliphatic carbocycles. The van der Waals surface area contributed by atoms with Gasteiger partial charge in [-0.25, -0.2) is 4.52 Å². The predicted molar refractivity (Wildman–Crippen MR) is 71.9 cm³/mol. The lowest BCUT2D eigenvalue weighted by Crippen LogP contribution is -2.14. The van der Waals surface area contributed by atoms with Crippen LogP contribution in [0.25, 0.3) is 16.8 Å². The maximum absolute atomic E-state index is 11.7. The summed E-state index contributed by atoms with van der Waals surface area (Å²) in [6.45, 7) is 0. The summed E-state index contributed by atoms with van der Waals surface area (Å²) in [5, 5.41) is 13.8. The summed E-state index contributed by atoms with van der Waals surface area (Å²) < 4.78 is 1.66. The lowest BCUT2D eigenvalue weighted by molar-refractivity contribution is -0.117. The molecule has 0 aromatic carbocycles. The van der Waals surface area contributed by atoms with E-state index >= 15 is 0 Å². The van der Waals surface area contributed by atoms with Crippen molar-refractivity contribution in [3.63, 3.8) is 0 Å². The maximum Gasteiger partial charge on any atom is 0.249 e. The zero-order chi connectivity index (χ0) is 13.5. The Morgan fingerprint density at radius 1 is 1.45 bits per heavy atom. The Morgan fingerprint density at radius 2 is 2.35 bits per heavy atom. The largest absolute Gasteiger partial charge is 0.293 e. The number of hydrogen-bond acceptors (Lipinski definition) is 4. The van der Waals surface area contributed by atoms with Gasteiger partial charge in [0.15, 0.2) is 5.65 Å². The number of H-pyrrole nitrogens is 1. The van der Waals surface area contributed by atoms with Gasteiger partial charge in [-0.1, -0.05) is 0 Å². The van der Waals surface area contributed by atoms with Crippen molar-refractivity contribution < 1.29 is 4.79 Å². The Morgan fingerprint density at radius 3 is 3.10 bits per heavy atom. The normalized spacial score (nSPS) is 14.6. The fourth-order valence-electron chi connectivity index (χ4n) is 2.14. The average Bonchev–Trinajstić information content (AvgIpc) is 3.00. The molecule has 7 heteroatoms. The molecule has 7 nitrogen and oxygen atoms in total. The Bertz CT molecular complexity index is 771. The van der Waals surface area contributed by atoms with Gasteiger partial charge in [-0.05, 0) is 25.0 Å². The molecule has 4 rings (SSSR count). The van der Waals surface area contributed by atoms with Crippen LogP contribution in [-0.4, -0.2) is 30.7 Å². The van der Waals surface area contributed by atoms with Gasteiger partial charge in [0.05, 0.1) is 6.20 Å². The smallest absolute Gasteiger partial charge is 0.249 e. The molecule has 1 aliphatic rings. The molecule has 0 saturated heterocycles. The first-order valence-electron chi connectivity index (χ1n) is 6.47. The molecule has 0 aliphatic heterocycles. The first-order valence-corrected chi connectivity index (χ1v) is 6.47. The maximum atomic E-state index is 11.7. The molecule has 0 spiro atoms. The van der Waals surface area contributed by atoms with Crippen LogP contribution in [0.15, 0.2) is 30.7 Å². The van der Waals surface area contributed by atoms with Crippen LogP contribution in [0.5, 0.6) is 0 Å². The van der Waals surface area contributed by atoms with Gasteiger partial charge in [0.1, 0.15) is 0 Å². The Hall–Kier alpha value is -2.70. The van der Waals surface area contributed by atoms with Crippen molar-refractivity contribution in [2.24, 2.45) is 5.92 Å². The summed E-state index contributed by atoms with van der Waals surface area (Å²) in [5.41, 5.74) is 2.55. The monoisotopic (exact) mass is 268 g/mol. The minimum Gasteiger partial charge on any atom is -0.293 e. The number of pyridine rings is 1. The van der Waals surface area contributed by atoms with E-state index in [1.165, 1.54) is 0 Å². The summed E-state index contributed by atoms with van der Waals surface area (Å²) in [6, 6.07) is 3.83. The van der Waals surface area contributed by atoms with Gasteiger partial charge in [0.2, 0.25) is 11.9 Å². The van der Waals surface area contributed by atoms with Crippen LogP contribution in [0.4, 0.5) is 5.95 Å². The van der Waals surface area contributed by atoms with Gasteiger partial charge in [-0.15, -0.1) is 5.10 Å². The summed E-state index contributed by atoms with van der Waals surface area (Å²) in [4.78, 5) is 16.1. The van der Waals surface area contributed by atoms with E-state index in [9.17, 15) is 4.79 Å². The Balaban J connectivity index is 1.75. The average molecular weight is 268 g/mol. The number of carbonyl (C=O) groups excluding carboxylic acids is 1. The third kappa shape index (κ3) is 1.83. The Kier molecular flexibility index (Phi) is 2.32. The molecule has 2 N–H and O–H groups in total. The van der Waals surface area contributed by atoms with Crippen molar-refractivity contribution in [2.75, 3.05) is 5.32 Å². The van der Waals surface area contributed by atoms with Crippen molar-refractivity contribution in [3.8, 4) is 11.1 Å². The molecule has 1 fully saturated rings. The molecule has 1 saturated carbocycles. The molecule has 20 heavy (non-hydrogen) atoms. The molecule has 0 radical (unpaired) electrons. The molecule has 3 aromatic heterocycles. The Labute approximate surface area is 114 Å². The fraction of sp³-hybridized carbons (Fsp3) is 0.231. The van der Waals surface area contributed by atoms with Crippen LogP contribution in [-0.2, 0) is 4.79 Å². The quantitative estimate of drug-likeness (QED) is 0.753. The van der Waals surface area contributed by atoms with E-state index in [0.717, 1.165) is 24.0 Å². The molecule has 3 heterocycles. The van der Waals surface area contributed by atoms with E-state index in [-0.39, 0.29) is 11.8 Å². The first kappa shape index (κ1) is 11.2. The van der Waals surface area contributed by atoms with Gasteiger partial charge in [-0.3, -0.25) is 15.2 Å². The molecular weight excluding hydrogens is 256 g/mol. The van der Waals surface area contributed by atoms with Crippen molar-refractivity contribution in [3.05, 3.63) is 30.7 Å². The number of nitrogens with one attached hydrogen (secondary N) is 2. The molecule has 0 bridgehead atoms. The van der Waals surface area contributed by atoms with E-state index in [4.69, 9.17) is 0 Å².